The van der Waals surface area contributed by atoms with Gasteiger partial charge < -0.3 is 10.4 Å². The van der Waals surface area contributed by atoms with Crippen molar-refractivity contribution < 1.29 is 5.11 Å². The summed E-state index contributed by atoms with van der Waals surface area (Å²) >= 11 is 0. The Bertz CT molecular complexity index is 156. The van der Waals surface area contributed by atoms with Crippen LogP contribution in [0.1, 0.15) is 46.5 Å². The lowest BCUT2D eigenvalue weighted by atomic mass is 9.79. The smallest absolute Gasteiger partial charge is 0.0584 e. The van der Waals surface area contributed by atoms with E-state index < -0.39 is 0 Å². The van der Waals surface area contributed by atoms with Gasteiger partial charge in [0.05, 0.1) is 6.61 Å². The summed E-state index contributed by atoms with van der Waals surface area (Å²) in [6.07, 6.45) is 4.91. The van der Waals surface area contributed by atoms with Crippen molar-refractivity contribution >= 4 is 0 Å². The summed E-state index contributed by atoms with van der Waals surface area (Å²) in [7, 11) is 0. The fourth-order valence-electron chi connectivity index (χ4n) is 2.33. The molecule has 1 aliphatic rings. The fourth-order valence-corrected chi connectivity index (χ4v) is 2.33. The molecule has 0 aromatic heterocycles. The second-order valence-corrected chi connectivity index (χ2v) is 4.92. The van der Waals surface area contributed by atoms with E-state index in [9.17, 15) is 0 Å². The van der Waals surface area contributed by atoms with Gasteiger partial charge in [-0.1, -0.05) is 20.8 Å². The van der Waals surface area contributed by atoms with E-state index in [2.05, 4.69) is 26.1 Å². The first-order valence-corrected chi connectivity index (χ1v) is 6.04. The molecule has 14 heavy (non-hydrogen) atoms. The highest BCUT2D eigenvalue weighted by molar-refractivity contribution is 4.82. The third kappa shape index (κ3) is 3.25. The second-order valence-electron chi connectivity index (χ2n) is 4.92. The van der Waals surface area contributed by atoms with Crippen LogP contribution in [0.25, 0.3) is 0 Å². The van der Waals surface area contributed by atoms with E-state index in [-0.39, 0.29) is 6.61 Å². The van der Waals surface area contributed by atoms with Crippen LogP contribution >= 0.6 is 0 Å². The van der Waals surface area contributed by atoms with Crippen molar-refractivity contribution in [2.75, 3.05) is 6.61 Å². The number of rotatable bonds is 4. The van der Waals surface area contributed by atoms with Gasteiger partial charge in [-0.3, -0.25) is 0 Å². The van der Waals surface area contributed by atoms with Gasteiger partial charge in [-0.05, 0) is 37.5 Å². The van der Waals surface area contributed by atoms with Gasteiger partial charge in [-0.2, -0.15) is 0 Å². The van der Waals surface area contributed by atoms with E-state index in [1.807, 2.05) is 0 Å². The predicted molar refractivity (Wildman–Crippen MR) is 60.3 cm³/mol. The van der Waals surface area contributed by atoms with Crippen molar-refractivity contribution in [2.45, 2.75) is 58.5 Å². The predicted octanol–water partition coefficient (Wildman–Crippen LogP) is 2.17. The van der Waals surface area contributed by atoms with E-state index in [0.29, 0.717) is 12.1 Å². The fraction of sp³-hybridized carbons (Fsp3) is 1.00. The molecular formula is C12H25NO. The summed E-state index contributed by atoms with van der Waals surface area (Å²) in [5, 5.41) is 12.7. The van der Waals surface area contributed by atoms with Crippen LogP contribution in [-0.4, -0.2) is 23.8 Å². The maximum atomic E-state index is 9.11. The molecule has 84 valence electrons. The Morgan fingerprint density at radius 3 is 2.50 bits per heavy atom. The van der Waals surface area contributed by atoms with Gasteiger partial charge in [0.2, 0.25) is 0 Å². The third-order valence-electron chi connectivity index (χ3n) is 3.78. The molecule has 1 saturated carbocycles. The normalized spacial score (nSPS) is 35.6. The van der Waals surface area contributed by atoms with Gasteiger partial charge in [0, 0.05) is 12.1 Å². The third-order valence-corrected chi connectivity index (χ3v) is 3.78. The molecule has 0 bridgehead atoms. The Hall–Kier alpha value is -0.0800. The topological polar surface area (TPSA) is 32.3 Å². The first-order valence-electron chi connectivity index (χ1n) is 6.04. The molecule has 0 spiro atoms. The minimum atomic E-state index is 0.275. The molecule has 0 aromatic rings. The lowest BCUT2D eigenvalue weighted by Crippen LogP contribution is -2.43. The second kappa shape index (κ2) is 5.72. The highest BCUT2D eigenvalue weighted by Gasteiger charge is 2.25. The SMILES string of the molecule is CC[C@H](CO)NC1CCC(C)C(C)C1. The van der Waals surface area contributed by atoms with Crippen LogP contribution in [0.4, 0.5) is 0 Å². The monoisotopic (exact) mass is 199 g/mol. The Morgan fingerprint density at radius 1 is 1.29 bits per heavy atom. The Balaban J connectivity index is 2.32. The standard InChI is InChI=1S/C12H25NO/c1-4-11(8-14)13-12-6-5-9(2)10(3)7-12/h9-14H,4-8H2,1-3H3/t9?,10?,11-,12?/m1/s1. The number of hydrogen-bond donors (Lipinski definition) is 2. The van der Waals surface area contributed by atoms with E-state index in [0.717, 1.165) is 18.3 Å². The van der Waals surface area contributed by atoms with Gasteiger partial charge in [0.1, 0.15) is 0 Å². The van der Waals surface area contributed by atoms with Crippen LogP contribution in [0.3, 0.4) is 0 Å². The molecule has 2 N–H and O–H groups in total. The van der Waals surface area contributed by atoms with Crippen molar-refractivity contribution in [1.82, 2.24) is 5.32 Å². The molecule has 1 rings (SSSR count). The Morgan fingerprint density at radius 2 is 2.00 bits per heavy atom. The van der Waals surface area contributed by atoms with Crippen molar-refractivity contribution in [3.63, 3.8) is 0 Å². The van der Waals surface area contributed by atoms with E-state index in [1.54, 1.807) is 0 Å². The lowest BCUT2D eigenvalue weighted by Gasteiger charge is -2.34. The van der Waals surface area contributed by atoms with Crippen molar-refractivity contribution in [3.05, 3.63) is 0 Å². The molecule has 0 saturated heterocycles. The maximum Gasteiger partial charge on any atom is 0.0584 e. The van der Waals surface area contributed by atoms with Gasteiger partial charge in [0.15, 0.2) is 0 Å². The minimum Gasteiger partial charge on any atom is -0.395 e. The largest absolute Gasteiger partial charge is 0.395 e. The number of nitrogens with one attached hydrogen (secondary N) is 1. The number of hydrogen-bond acceptors (Lipinski definition) is 2. The van der Waals surface area contributed by atoms with Gasteiger partial charge in [-0.25, -0.2) is 0 Å². The van der Waals surface area contributed by atoms with Gasteiger partial charge >= 0.3 is 0 Å². The van der Waals surface area contributed by atoms with Crippen molar-refractivity contribution in [3.8, 4) is 0 Å². The summed E-state index contributed by atoms with van der Waals surface area (Å²) in [6, 6.07) is 0.943. The molecule has 0 amide bonds. The highest BCUT2D eigenvalue weighted by atomic mass is 16.3. The van der Waals surface area contributed by atoms with Crippen molar-refractivity contribution in [1.29, 1.82) is 0 Å². The summed E-state index contributed by atoms with van der Waals surface area (Å²) in [5.41, 5.74) is 0. The molecule has 0 radical (unpaired) electrons. The first-order chi connectivity index (χ1) is 6.67. The van der Waals surface area contributed by atoms with Gasteiger partial charge in [-0.15, -0.1) is 0 Å². The summed E-state index contributed by atoms with van der Waals surface area (Å²) in [5.74, 6) is 1.71. The first kappa shape index (κ1) is 12.0. The molecule has 1 aliphatic carbocycles. The molecule has 3 unspecified atom stereocenters. The lowest BCUT2D eigenvalue weighted by molar-refractivity contribution is 0.180. The molecule has 1 fully saturated rings. The maximum absolute atomic E-state index is 9.11. The van der Waals surface area contributed by atoms with E-state index in [4.69, 9.17) is 5.11 Å². The minimum absolute atomic E-state index is 0.275. The zero-order chi connectivity index (χ0) is 10.6. The average Bonchev–Trinajstić information content (AvgIpc) is 2.19. The zero-order valence-electron chi connectivity index (χ0n) is 9.79. The van der Waals surface area contributed by atoms with E-state index in [1.165, 1.54) is 19.3 Å². The molecule has 0 aliphatic heterocycles. The van der Waals surface area contributed by atoms with Crippen LogP contribution in [0.15, 0.2) is 0 Å². The van der Waals surface area contributed by atoms with Crippen LogP contribution < -0.4 is 5.32 Å². The summed E-state index contributed by atoms with van der Waals surface area (Å²) < 4.78 is 0. The molecule has 0 aromatic carbocycles. The highest BCUT2D eigenvalue weighted by Crippen LogP contribution is 2.29. The van der Waals surface area contributed by atoms with Crippen molar-refractivity contribution in [2.24, 2.45) is 11.8 Å². The Kier molecular flexibility index (Phi) is 4.90. The van der Waals surface area contributed by atoms with Crippen LogP contribution in [-0.2, 0) is 0 Å². The molecule has 2 heteroatoms. The molecular weight excluding hydrogens is 174 g/mol. The number of aliphatic hydroxyl groups excluding tert-OH is 1. The Labute approximate surface area is 88.1 Å². The van der Waals surface area contributed by atoms with E-state index >= 15 is 0 Å². The van der Waals surface area contributed by atoms with Crippen LogP contribution in [0.2, 0.25) is 0 Å². The summed E-state index contributed by atoms with van der Waals surface area (Å²) in [6.45, 7) is 7.10. The molecule has 2 nitrogen and oxygen atoms in total. The molecule has 4 atom stereocenters. The zero-order valence-corrected chi connectivity index (χ0v) is 9.79. The quantitative estimate of drug-likeness (QED) is 0.727. The van der Waals surface area contributed by atoms with Crippen LogP contribution in [0.5, 0.6) is 0 Å². The molecule has 0 heterocycles. The average molecular weight is 199 g/mol. The summed E-state index contributed by atoms with van der Waals surface area (Å²) in [4.78, 5) is 0. The number of aliphatic hydroxyl groups is 1. The van der Waals surface area contributed by atoms with Crippen LogP contribution in [0, 0.1) is 11.8 Å². The van der Waals surface area contributed by atoms with Gasteiger partial charge in [0.25, 0.3) is 0 Å².